The van der Waals surface area contributed by atoms with Crippen molar-refractivity contribution in [3.05, 3.63) is 0 Å². The van der Waals surface area contributed by atoms with E-state index in [1.807, 2.05) is 4.90 Å². The van der Waals surface area contributed by atoms with Gasteiger partial charge in [0.2, 0.25) is 11.8 Å². The number of carbonyl (C=O) groups excluding carboxylic acids is 2. The zero-order valence-electron chi connectivity index (χ0n) is 16.4. The number of likely N-dealkylation sites (tertiary alicyclic amines) is 2. The van der Waals surface area contributed by atoms with E-state index in [2.05, 4.69) is 10.2 Å². The van der Waals surface area contributed by atoms with E-state index in [9.17, 15) is 9.59 Å². The first-order valence-corrected chi connectivity index (χ1v) is 11.4. The average Bonchev–Trinajstić information content (AvgIpc) is 3.35. The van der Waals surface area contributed by atoms with E-state index >= 15 is 0 Å². The molecule has 1 unspecified atom stereocenters. The summed E-state index contributed by atoms with van der Waals surface area (Å²) in [5.41, 5.74) is -0.108. The number of fused-ring (bicyclic) bond motifs is 1. The zero-order chi connectivity index (χ0) is 18.2. The van der Waals surface area contributed by atoms with Crippen molar-refractivity contribution < 1.29 is 9.59 Å². The lowest BCUT2D eigenvalue weighted by Gasteiger charge is -2.56. The van der Waals surface area contributed by atoms with Gasteiger partial charge < -0.3 is 15.1 Å². The third kappa shape index (κ3) is 2.53. The molecule has 5 nitrogen and oxygen atoms in total. The van der Waals surface area contributed by atoms with Gasteiger partial charge in [0.1, 0.15) is 6.04 Å². The lowest BCUT2D eigenvalue weighted by molar-refractivity contribution is -0.161. The van der Waals surface area contributed by atoms with Gasteiger partial charge in [-0.2, -0.15) is 0 Å². The molecule has 0 spiro atoms. The summed E-state index contributed by atoms with van der Waals surface area (Å²) in [4.78, 5) is 31.2. The maximum atomic E-state index is 13.8. The standard InChI is InChI=1S/C22H33N3O2/c26-20(24-12-17-10-23-11-18(17)13-24)19-2-1-3-25(19)21(27)22-7-14-4-15(8-22)6-16(5-14)9-22/h14-19,23H,1-13H2/t14?,15?,16?,17-,18+,19?,22?. The molecule has 0 aromatic heterocycles. The third-order valence-corrected chi connectivity index (χ3v) is 8.99. The minimum absolute atomic E-state index is 0.108. The molecule has 3 atom stereocenters. The Morgan fingerprint density at radius 2 is 1.48 bits per heavy atom. The van der Waals surface area contributed by atoms with Gasteiger partial charge in [0.15, 0.2) is 0 Å². The highest BCUT2D eigenvalue weighted by atomic mass is 16.2. The predicted octanol–water partition coefficient (Wildman–Crippen LogP) is 1.87. The number of carbonyl (C=O) groups is 2. The van der Waals surface area contributed by atoms with Crippen LogP contribution >= 0.6 is 0 Å². The Hall–Kier alpha value is -1.10. The summed E-state index contributed by atoms with van der Waals surface area (Å²) in [6.45, 7) is 4.70. The number of rotatable bonds is 2. The van der Waals surface area contributed by atoms with Gasteiger partial charge in [-0.05, 0) is 81.0 Å². The highest BCUT2D eigenvalue weighted by Gasteiger charge is 2.57. The molecule has 7 fully saturated rings. The minimum Gasteiger partial charge on any atom is -0.340 e. The van der Waals surface area contributed by atoms with Crippen molar-refractivity contribution in [1.82, 2.24) is 15.1 Å². The maximum Gasteiger partial charge on any atom is 0.245 e. The first-order chi connectivity index (χ1) is 13.1. The fourth-order valence-electron chi connectivity index (χ4n) is 8.19. The van der Waals surface area contributed by atoms with Crippen LogP contribution in [0.2, 0.25) is 0 Å². The zero-order valence-corrected chi connectivity index (χ0v) is 16.4. The van der Waals surface area contributed by atoms with Gasteiger partial charge >= 0.3 is 0 Å². The summed E-state index contributed by atoms with van der Waals surface area (Å²) >= 11 is 0. The monoisotopic (exact) mass is 371 g/mol. The van der Waals surface area contributed by atoms with Gasteiger partial charge in [-0.25, -0.2) is 0 Å². The first-order valence-electron chi connectivity index (χ1n) is 11.4. The Balaban J connectivity index is 1.20. The summed E-state index contributed by atoms with van der Waals surface area (Å²) < 4.78 is 0. The molecule has 1 N–H and O–H groups in total. The van der Waals surface area contributed by atoms with Crippen molar-refractivity contribution in [3.63, 3.8) is 0 Å². The molecular formula is C22H33N3O2. The van der Waals surface area contributed by atoms with Crippen LogP contribution in [0, 0.1) is 35.0 Å². The fourth-order valence-corrected chi connectivity index (χ4v) is 8.19. The molecule has 5 heteroatoms. The molecule has 4 aliphatic carbocycles. The van der Waals surface area contributed by atoms with E-state index in [-0.39, 0.29) is 17.4 Å². The fraction of sp³-hybridized carbons (Fsp3) is 0.909. The number of hydrogen-bond acceptors (Lipinski definition) is 3. The van der Waals surface area contributed by atoms with Crippen LogP contribution < -0.4 is 5.32 Å². The van der Waals surface area contributed by atoms with Crippen molar-refractivity contribution >= 4 is 11.8 Å². The molecule has 148 valence electrons. The second-order valence-electron chi connectivity index (χ2n) is 10.8. The van der Waals surface area contributed by atoms with Crippen LogP contribution in [0.1, 0.15) is 51.4 Å². The average molecular weight is 372 g/mol. The molecule has 7 aliphatic rings. The SMILES string of the molecule is O=C(C1CCCN1C(=O)C12CC3CC(CC(C3)C1)C2)N1C[C@H]2CNC[C@H]2C1. The van der Waals surface area contributed by atoms with Crippen molar-refractivity contribution in [2.75, 3.05) is 32.7 Å². The Kier molecular flexibility index (Phi) is 3.71. The van der Waals surface area contributed by atoms with Crippen LogP contribution in [0.15, 0.2) is 0 Å². The number of nitrogens with zero attached hydrogens (tertiary/aromatic N) is 2. The van der Waals surface area contributed by atoms with Crippen LogP contribution in [0.5, 0.6) is 0 Å². The first kappa shape index (κ1) is 16.8. The lowest BCUT2D eigenvalue weighted by atomic mass is 9.49. The van der Waals surface area contributed by atoms with E-state index in [1.54, 1.807) is 0 Å². The molecule has 2 amide bonds. The highest BCUT2D eigenvalue weighted by Crippen LogP contribution is 2.60. The van der Waals surface area contributed by atoms with E-state index in [1.165, 1.54) is 19.3 Å². The molecular weight excluding hydrogens is 338 g/mol. The Morgan fingerprint density at radius 3 is 2.07 bits per heavy atom. The van der Waals surface area contributed by atoms with Gasteiger partial charge in [-0.3, -0.25) is 9.59 Å². The topological polar surface area (TPSA) is 52.7 Å². The Bertz CT molecular complexity index is 615. The molecule has 3 saturated heterocycles. The second-order valence-corrected chi connectivity index (χ2v) is 10.8. The van der Waals surface area contributed by atoms with Crippen LogP contribution in [-0.2, 0) is 9.59 Å². The molecule has 7 rings (SSSR count). The summed E-state index contributed by atoms with van der Waals surface area (Å²) in [6, 6.07) is -0.169. The Morgan fingerprint density at radius 1 is 0.889 bits per heavy atom. The van der Waals surface area contributed by atoms with E-state index in [0.29, 0.717) is 17.7 Å². The van der Waals surface area contributed by atoms with Crippen molar-refractivity contribution in [3.8, 4) is 0 Å². The molecule has 0 aromatic rings. The highest BCUT2D eigenvalue weighted by molar-refractivity contribution is 5.91. The molecule has 0 aromatic carbocycles. The summed E-state index contributed by atoms with van der Waals surface area (Å²) in [5, 5.41) is 3.45. The quantitative estimate of drug-likeness (QED) is 0.806. The largest absolute Gasteiger partial charge is 0.340 e. The van der Waals surface area contributed by atoms with E-state index in [4.69, 9.17) is 0 Å². The van der Waals surface area contributed by atoms with Crippen LogP contribution in [0.25, 0.3) is 0 Å². The van der Waals surface area contributed by atoms with Gasteiger partial charge in [0.25, 0.3) is 0 Å². The van der Waals surface area contributed by atoms with Crippen LogP contribution in [0.3, 0.4) is 0 Å². The van der Waals surface area contributed by atoms with Gasteiger partial charge in [-0.15, -0.1) is 0 Å². The summed E-state index contributed by atoms with van der Waals surface area (Å²) in [7, 11) is 0. The van der Waals surface area contributed by atoms with E-state index in [0.717, 1.165) is 82.6 Å². The van der Waals surface area contributed by atoms with Gasteiger partial charge in [0.05, 0.1) is 5.41 Å². The molecule has 3 heterocycles. The molecule has 27 heavy (non-hydrogen) atoms. The maximum absolute atomic E-state index is 13.8. The molecule has 4 bridgehead atoms. The van der Waals surface area contributed by atoms with Gasteiger partial charge in [0, 0.05) is 32.7 Å². The van der Waals surface area contributed by atoms with Crippen molar-refractivity contribution in [2.45, 2.75) is 57.4 Å². The van der Waals surface area contributed by atoms with Crippen LogP contribution in [0.4, 0.5) is 0 Å². The summed E-state index contributed by atoms with van der Waals surface area (Å²) in [5.74, 6) is 4.20. The van der Waals surface area contributed by atoms with Crippen molar-refractivity contribution in [1.29, 1.82) is 0 Å². The third-order valence-electron chi connectivity index (χ3n) is 8.99. The lowest BCUT2D eigenvalue weighted by Crippen LogP contribution is -2.57. The van der Waals surface area contributed by atoms with Crippen LogP contribution in [-0.4, -0.2) is 60.4 Å². The minimum atomic E-state index is -0.169. The molecule has 4 saturated carbocycles. The normalized spacial score (nSPS) is 47.7. The number of amides is 2. The van der Waals surface area contributed by atoms with Crippen molar-refractivity contribution in [2.24, 2.45) is 35.0 Å². The Labute approximate surface area is 162 Å². The smallest absolute Gasteiger partial charge is 0.245 e. The van der Waals surface area contributed by atoms with E-state index < -0.39 is 0 Å². The second kappa shape index (κ2) is 5.95. The predicted molar refractivity (Wildman–Crippen MR) is 102 cm³/mol. The van der Waals surface area contributed by atoms with Gasteiger partial charge in [-0.1, -0.05) is 0 Å². The number of nitrogens with one attached hydrogen (secondary N) is 1. The molecule has 0 radical (unpaired) electrons. The summed E-state index contributed by atoms with van der Waals surface area (Å²) in [6.07, 6.45) is 9.27. The molecule has 3 aliphatic heterocycles. The number of hydrogen-bond donors (Lipinski definition) is 1.